The van der Waals surface area contributed by atoms with E-state index in [0.29, 0.717) is 16.5 Å². The van der Waals surface area contributed by atoms with Crippen LogP contribution in [0.5, 0.6) is 0 Å². The van der Waals surface area contributed by atoms with E-state index in [4.69, 9.17) is 30.1 Å². The summed E-state index contributed by atoms with van der Waals surface area (Å²) in [5.74, 6) is 2.56. The van der Waals surface area contributed by atoms with Crippen molar-refractivity contribution in [2.45, 2.75) is 0 Å². The van der Waals surface area contributed by atoms with Crippen LogP contribution in [0.3, 0.4) is 0 Å². The van der Waals surface area contributed by atoms with Gasteiger partial charge in [0.25, 0.3) is 0 Å². The van der Waals surface area contributed by atoms with Gasteiger partial charge in [-0.25, -0.2) is 0 Å². The molecule has 0 unspecified atom stereocenters. The molecule has 6 N–H and O–H groups in total. The maximum absolute atomic E-state index is 5.73. The molecular weight excluding hydrogens is 268 g/mol. The van der Waals surface area contributed by atoms with Crippen LogP contribution in [-0.2, 0) is 0 Å². The molecule has 0 radical (unpaired) electrons. The normalized spacial score (nSPS) is 9.55. The van der Waals surface area contributed by atoms with Crippen LogP contribution >= 0.6 is 12.2 Å². The Kier molecular flexibility index (Phi) is 4.08. The summed E-state index contributed by atoms with van der Waals surface area (Å²) in [4.78, 5) is 0. The van der Waals surface area contributed by atoms with Crippen LogP contribution in [0.4, 0.5) is 22.7 Å². The Morgan fingerprint density at radius 2 is 1.55 bits per heavy atom. The maximum atomic E-state index is 5.73. The first-order chi connectivity index (χ1) is 9.58. The number of nitrogens with one attached hydrogen (secondary N) is 2. The summed E-state index contributed by atoms with van der Waals surface area (Å²) in [7, 11) is 0. The zero-order valence-electron chi connectivity index (χ0n) is 10.7. The number of rotatable bonds is 2. The number of terminal acetylenes is 1. The highest BCUT2D eigenvalue weighted by Gasteiger charge is 2.01. The summed E-state index contributed by atoms with van der Waals surface area (Å²) in [6.07, 6.45) is 5.30. The molecule has 0 heterocycles. The lowest BCUT2D eigenvalue weighted by Crippen LogP contribution is -2.19. The van der Waals surface area contributed by atoms with E-state index in [1.807, 2.05) is 24.3 Å². The Labute approximate surface area is 123 Å². The van der Waals surface area contributed by atoms with Crippen LogP contribution in [0, 0.1) is 12.3 Å². The predicted molar refractivity (Wildman–Crippen MR) is 89.5 cm³/mol. The van der Waals surface area contributed by atoms with Gasteiger partial charge >= 0.3 is 0 Å². The number of hydrogen-bond acceptors (Lipinski definition) is 3. The van der Waals surface area contributed by atoms with Crippen molar-refractivity contribution in [3.05, 3.63) is 48.0 Å². The number of anilines is 4. The lowest BCUT2D eigenvalue weighted by Gasteiger charge is -2.11. The Hall–Kier alpha value is -2.71. The van der Waals surface area contributed by atoms with E-state index in [2.05, 4.69) is 16.6 Å². The van der Waals surface area contributed by atoms with E-state index >= 15 is 0 Å². The van der Waals surface area contributed by atoms with E-state index < -0.39 is 0 Å². The standard InChI is InChI=1S/C15H14N4S/c1-2-10-3-5-11(6-4-10)18-15(20)19-12-7-8-13(16)14(17)9-12/h1,3-9H,16-17H2,(H2,18,19,20). The van der Waals surface area contributed by atoms with Crippen LogP contribution in [-0.4, -0.2) is 5.11 Å². The van der Waals surface area contributed by atoms with Crippen molar-refractivity contribution in [1.82, 2.24) is 0 Å². The fourth-order valence-corrected chi connectivity index (χ4v) is 1.83. The van der Waals surface area contributed by atoms with Crippen molar-refractivity contribution in [1.29, 1.82) is 0 Å². The quantitative estimate of drug-likeness (QED) is 0.387. The van der Waals surface area contributed by atoms with Gasteiger partial charge in [0.15, 0.2) is 5.11 Å². The van der Waals surface area contributed by atoms with Crippen molar-refractivity contribution >= 4 is 40.1 Å². The largest absolute Gasteiger partial charge is 0.397 e. The second-order valence-electron chi connectivity index (χ2n) is 4.14. The van der Waals surface area contributed by atoms with Gasteiger partial charge < -0.3 is 22.1 Å². The molecule has 0 aliphatic rings. The minimum absolute atomic E-state index is 0.461. The maximum Gasteiger partial charge on any atom is 0.175 e. The zero-order valence-corrected chi connectivity index (χ0v) is 11.5. The average molecular weight is 282 g/mol. The molecule has 100 valence electrons. The highest BCUT2D eigenvalue weighted by Crippen LogP contribution is 2.19. The van der Waals surface area contributed by atoms with Crippen LogP contribution in [0.25, 0.3) is 0 Å². The van der Waals surface area contributed by atoms with Gasteiger partial charge in [0.1, 0.15) is 0 Å². The molecule has 0 aliphatic heterocycles. The number of nitrogen functional groups attached to an aromatic ring is 2. The van der Waals surface area contributed by atoms with E-state index in [1.165, 1.54) is 0 Å². The fourth-order valence-electron chi connectivity index (χ4n) is 1.60. The Balaban J connectivity index is 2.01. The molecule has 0 atom stereocenters. The van der Waals surface area contributed by atoms with Gasteiger partial charge in [-0.3, -0.25) is 0 Å². The highest BCUT2D eigenvalue weighted by molar-refractivity contribution is 7.80. The second kappa shape index (κ2) is 5.95. The topological polar surface area (TPSA) is 76.1 Å². The van der Waals surface area contributed by atoms with E-state index in [9.17, 15) is 0 Å². The summed E-state index contributed by atoms with van der Waals surface area (Å²) in [6.45, 7) is 0. The Bertz CT molecular complexity index is 671. The van der Waals surface area contributed by atoms with Crippen LogP contribution in [0.2, 0.25) is 0 Å². The second-order valence-corrected chi connectivity index (χ2v) is 4.55. The van der Waals surface area contributed by atoms with Gasteiger partial charge in [0.05, 0.1) is 11.4 Å². The minimum atomic E-state index is 0.461. The zero-order chi connectivity index (χ0) is 14.5. The van der Waals surface area contributed by atoms with Gasteiger partial charge in [0, 0.05) is 16.9 Å². The monoisotopic (exact) mass is 282 g/mol. The first-order valence-corrected chi connectivity index (χ1v) is 6.29. The lowest BCUT2D eigenvalue weighted by atomic mass is 10.2. The first kappa shape index (κ1) is 13.7. The van der Waals surface area contributed by atoms with Crippen molar-refractivity contribution in [2.75, 3.05) is 22.1 Å². The van der Waals surface area contributed by atoms with Crippen LogP contribution in [0.15, 0.2) is 42.5 Å². The predicted octanol–water partition coefficient (Wildman–Crippen LogP) is 2.64. The summed E-state index contributed by atoms with van der Waals surface area (Å²) in [5, 5.41) is 6.55. The molecule has 0 aromatic heterocycles. The smallest absolute Gasteiger partial charge is 0.175 e. The van der Waals surface area contributed by atoms with E-state index in [1.54, 1.807) is 18.2 Å². The van der Waals surface area contributed by atoms with E-state index in [-0.39, 0.29) is 0 Å². The fraction of sp³-hybridized carbons (Fsp3) is 0. The molecular formula is C15H14N4S. The SMILES string of the molecule is C#Cc1ccc(NC(=S)Nc2ccc(N)c(N)c2)cc1. The first-order valence-electron chi connectivity index (χ1n) is 5.88. The molecule has 2 aromatic rings. The molecule has 0 saturated carbocycles. The van der Waals surface area contributed by atoms with Crippen molar-refractivity contribution in [3.8, 4) is 12.3 Å². The van der Waals surface area contributed by atoms with Gasteiger partial charge in [-0.1, -0.05) is 5.92 Å². The molecule has 0 spiro atoms. The molecule has 0 bridgehead atoms. The molecule has 0 aliphatic carbocycles. The number of thiocarbonyl (C=S) groups is 1. The molecule has 2 rings (SSSR count). The van der Waals surface area contributed by atoms with Crippen molar-refractivity contribution in [3.63, 3.8) is 0 Å². The highest BCUT2D eigenvalue weighted by atomic mass is 32.1. The summed E-state index contributed by atoms with van der Waals surface area (Å²) < 4.78 is 0. The molecule has 0 saturated heterocycles. The molecule has 0 fully saturated rings. The molecule has 5 heteroatoms. The van der Waals surface area contributed by atoms with Gasteiger partial charge in [-0.2, -0.15) is 0 Å². The van der Waals surface area contributed by atoms with Gasteiger partial charge in [-0.15, -0.1) is 6.42 Å². The third-order valence-corrected chi connectivity index (χ3v) is 2.86. The van der Waals surface area contributed by atoms with Crippen molar-refractivity contribution < 1.29 is 0 Å². The minimum Gasteiger partial charge on any atom is -0.397 e. The Morgan fingerprint density at radius 3 is 2.15 bits per heavy atom. The summed E-state index contributed by atoms with van der Waals surface area (Å²) in [5.41, 5.74) is 14.9. The van der Waals surface area contributed by atoms with Gasteiger partial charge in [0.2, 0.25) is 0 Å². The van der Waals surface area contributed by atoms with Crippen LogP contribution < -0.4 is 22.1 Å². The number of nitrogens with two attached hydrogens (primary N) is 2. The summed E-state index contributed by atoms with van der Waals surface area (Å²) >= 11 is 5.22. The molecule has 2 aromatic carbocycles. The number of hydrogen-bond donors (Lipinski definition) is 4. The van der Waals surface area contributed by atoms with Gasteiger partial charge in [-0.05, 0) is 54.7 Å². The molecule has 4 nitrogen and oxygen atoms in total. The average Bonchev–Trinajstić information content (AvgIpc) is 2.44. The number of benzene rings is 2. The third kappa shape index (κ3) is 3.40. The van der Waals surface area contributed by atoms with Crippen LogP contribution in [0.1, 0.15) is 5.56 Å². The van der Waals surface area contributed by atoms with E-state index in [0.717, 1.165) is 16.9 Å². The van der Waals surface area contributed by atoms with Crippen molar-refractivity contribution in [2.24, 2.45) is 0 Å². The molecule has 0 amide bonds. The molecule has 20 heavy (non-hydrogen) atoms. The lowest BCUT2D eigenvalue weighted by molar-refractivity contribution is 1.58. The third-order valence-electron chi connectivity index (χ3n) is 2.65. The Morgan fingerprint density at radius 1 is 0.950 bits per heavy atom. The summed E-state index contributed by atoms with van der Waals surface area (Å²) in [6, 6.07) is 12.7.